The van der Waals surface area contributed by atoms with Crippen LogP contribution in [0.5, 0.6) is 0 Å². The van der Waals surface area contributed by atoms with Crippen LogP contribution in [0.25, 0.3) is 0 Å². The summed E-state index contributed by atoms with van der Waals surface area (Å²) in [5, 5.41) is 3.27. The minimum atomic E-state index is -4.41. The van der Waals surface area contributed by atoms with Crippen molar-refractivity contribution in [3.8, 4) is 0 Å². The minimum Gasteiger partial charge on any atom is -0.338 e. The number of hydrogen-bond acceptors (Lipinski definition) is 2. The second kappa shape index (κ2) is 4.77. The molecule has 2 fully saturated rings. The van der Waals surface area contributed by atoms with Crippen molar-refractivity contribution in [1.29, 1.82) is 0 Å². The lowest BCUT2D eigenvalue weighted by Gasteiger charge is -2.18. The Balaban J connectivity index is 1.78. The third-order valence-electron chi connectivity index (χ3n) is 4.11. The first-order valence-electron chi connectivity index (χ1n) is 6.62. The first kappa shape index (κ1) is 13.4. The average molecular weight is 284 g/mol. The van der Waals surface area contributed by atoms with E-state index in [9.17, 15) is 18.0 Å². The van der Waals surface area contributed by atoms with Gasteiger partial charge in [0, 0.05) is 31.7 Å². The Labute approximate surface area is 114 Å². The van der Waals surface area contributed by atoms with Gasteiger partial charge in [0.1, 0.15) is 0 Å². The maximum absolute atomic E-state index is 12.7. The molecule has 1 aromatic carbocycles. The lowest BCUT2D eigenvalue weighted by atomic mass is 10.0. The summed E-state index contributed by atoms with van der Waals surface area (Å²) in [5.41, 5.74) is -0.655. The van der Waals surface area contributed by atoms with Crippen molar-refractivity contribution in [2.75, 3.05) is 26.2 Å². The molecule has 0 unspecified atom stereocenters. The van der Waals surface area contributed by atoms with Gasteiger partial charge in [0.15, 0.2) is 0 Å². The van der Waals surface area contributed by atoms with Crippen LogP contribution in [-0.4, -0.2) is 37.0 Å². The molecule has 2 aliphatic heterocycles. The van der Waals surface area contributed by atoms with Gasteiger partial charge in [-0.1, -0.05) is 6.07 Å². The topological polar surface area (TPSA) is 32.3 Å². The van der Waals surface area contributed by atoms with E-state index < -0.39 is 11.7 Å². The molecule has 0 saturated carbocycles. The zero-order chi connectivity index (χ0) is 14.3. The predicted octanol–water partition coefficient (Wildman–Crippen LogP) is 2.00. The predicted molar refractivity (Wildman–Crippen MR) is 67.2 cm³/mol. The zero-order valence-corrected chi connectivity index (χ0v) is 10.8. The number of amides is 1. The van der Waals surface area contributed by atoms with Crippen LogP contribution in [0.3, 0.4) is 0 Å². The smallest absolute Gasteiger partial charge is 0.338 e. The monoisotopic (exact) mass is 284 g/mol. The number of likely N-dealkylation sites (tertiary alicyclic amines) is 1. The van der Waals surface area contributed by atoms with Crippen molar-refractivity contribution in [2.45, 2.75) is 6.18 Å². The van der Waals surface area contributed by atoms with Gasteiger partial charge in [-0.25, -0.2) is 0 Å². The van der Waals surface area contributed by atoms with Crippen molar-refractivity contribution in [3.05, 3.63) is 35.4 Å². The summed E-state index contributed by atoms with van der Waals surface area (Å²) in [6.07, 6.45) is -4.41. The summed E-state index contributed by atoms with van der Waals surface area (Å²) in [6, 6.07) is 4.66. The first-order chi connectivity index (χ1) is 9.45. The fourth-order valence-electron chi connectivity index (χ4n) is 3.03. The summed E-state index contributed by atoms with van der Waals surface area (Å²) in [7, 11) is 0. The first-order valence-corrected chi connectivity index (χ1v) is 6.62. The Morgan fingerprint density at radius 2 is 1.85 bits per heavy atom. The van der Waals surface area contributed by atoms with Crippen LogP contribution in [0.1, 0.15) is 15.9 Å². The van der Waals surface area contributed by atoms with E-state index in [-0.39, 0.29) is 11.5 Å². The highest BCUT2D eigenvalue weighted by molar-refractivity contribution is 5.94. The highest BCUT2D eigenvalue weighted by Crippen LogP contribution is 2.31. The van der Waals surface area contributed by atoms with Gasteiger partial charge < -0.3 is 10.2 Å². The summed E-state index contributed by atoms with van der Waals surface area (Å²) >= 11 is 0. The lowest BCUT2D eigenvalue weighted by Crippen LogP contribution is -2.32. The molecule has 20 heavy (non-hydrogen) atoms. The number of nitrogens with one attached hydrogen (secondary N) is 1. The molecule has 2 atom stereocenters. The maximum atomic E-state index is 12.7. The molecule has 1 N–H and O–H groups in total. The Hall–Kier alpha value is -1.56. The van der Waals surface area contributed by atoms with Gasteiger partial charge in [0.05, 0.1) is 5.56 Å². The number of nitrogens with zero attached hydrogens (tertiary/aromatic N) is 1. The van der Waals surface area contributed by atoms with Crippen molar-refractivity contribution in [2.24, 2.45) is 11.8 Å². The molecule has 0 bridgehead atoms. The van der Waals surface area contributed by atoms with Crippen LogP contribution in [0.15, 0.2) is 24.3 Å². The summed E-state index contributed by atoms with van der Waals surface area (Å²) in [5.74, 6) is 0.569. The van der Waals surface area contributed by atoms with Crippen LogP contribution >= 0.6 is 0 Å². The standard InChI is InChI=1S/C14H15F3N2O/c15-14(16,17)12-3-1-2-9(4-12)13(20)19-7-10-5-18-6-11(10)8-19/h1-4,10-11,18H,5-8H2/t10-,11+. The summed E-state index contributed by atoms with van der Waals surface area (Å²) < 4.78 is 38.0. The molecule has 0 aromatic heterocycles. The van der Waals surface area contributed by atoms with Crippen molar-refractivity contribution < 1.29 is 18.0 Å². The summed E-state index contributed by atoms with van der Waals surface area (Å²) in [4.78, 5) is 14.0. The van der Waals surface area contributed by atoms with E-state index in [0.717, 1.165) is 25.2 Å². The number of fused-ring (bicyclic) bond motifs is 1. The quantitative estimate of drug-likeness (QED) is 0.855. The zero-order valence-electron chi connectivity index (χ0n) is 10.8. The number of hydrogen-bond donors (Lipinski definition) is 1. The highest BCUT2D eigenvalue weighted by Gasteiger charge is 2.38. The number of carbonyl (C=O) groups is 1. The molecule has 0 radical (unpaired) electrons. The molecular formula is C14H15F3N2O. The van der Waals surface area contributed by atoms with Crippen molar-refractivity contribution in [1.82, 2.24) is 10.2 Å². The molecule has 2 aliphatic rings. The molecular weight excluding hydrogens is 269 g/mol. The highest BCUT2D eigenvalue weighted by atomic mass is 19.4. The molecule has 1 amide bonds. The second-order valence-electron chi connectivity index (χ2n) is 5.47. The van der Waals surface area contributed by atoms with E-state index in [2.05, 4.69) is 5.32 Å². The summed E-state index contributed by atoms with van der Waals surface area (Å²) in [6.45, 7) is 3.04. The molecule has 1 aromatic rings. The van der Waals surface area contributed by atoms with Gasteiger partial charge >= 0.3 is 6.18 Å². The van der Waals surface area contributed by atoms with E-state index in [1.165, 1.54) is 12.1 Å². The van der Waals surface area contributed by atoms with E-state index in [1.54, 1.807) is 4.90 Å². The van der Waals surface area contributed by atoms with Gasteiger partial charge in [-0.05, 0) is 30.0 Å². The van der Waals surface area contributed by atoms with Crippen LogP contribution < -0.4 is 5.32 Å². The fourth-order valence-corrected chi connectivity index (χ4v) is 3.03. The molecule has 2 heterocycles. The SMILES string of the molecule is O=C(c1cccc(C(F)(F)F)c1)N1C[C@H]2CNC[C@H]2C1. The molecule has 0 aliphatic carbocycles. The Bertz CT molecular complexity index is 517. The number of halogens is 3. The van der Waals surface area contributed by atoms with E-state index in [0.29, 0.717) is 24.9 Å². The van der Waals surface area contributed by atoms with Crippen molar-refractivity contribution >= 4 is 5.91 Å². The van der Waals surface area contributed by atoms with Gasteiger partial charge in [-0.15, -0.1) is 0 Å². The number of alkyl halides is 3. The van der Waals surface area contributed by atoms with Crippen LogP contribution in [0, 0.1) is 11.8 Å². The molecule has 3 rings (SSSR count). The maximum Gasteiger partial charge on any atom is 0.416 e. The van der Waals surface area contributed by atoms with Crippen LogP contribution in [-0.2, 0) is 6.18 Å². The van der Waals surface area contributed by atoms with Gasteiger partial charge in [-0.3, -0.25) is 4.79 Å². The van der Waals surface area contributed by atoms with Crippen LogP contribution in [0.2, 0.25) is 0 Å². The number of rotatable bonds is 1. The number of carbonyl (C=O) groups excluding carboxylic acids is 1. The Morgan fingerprint density at radius 1 is 1.20 bits per heavy atom. The molecule has 6 heteroatoms. The molecule has 108 valence electrons. The second-order valence-corrected chi connectivity index (χ2v) is 5.47. The lowest BCUT2D eigenvalue weighted by molar-refractivity contribution is -0.137. The van der Waals surface area contributed by atoms with Gasteiger partial charge in [0.2, 0.25) is 0 Å². The largest absolute Gasteiger partial charge is 0.416 e. The third kappa shape index (κ3) is 2.40. The minimum absolute atomic E-state index is 0.118. The normalized spacial score (nSPS) is 25.9. The van der Waals surface area contributed by atoms with Crippen molar-refractivity contribution in [3.63, 3.8) is 0 Å². The van der Waals surface area contributed by atoms with Crippen LogP contribution in [0.4, 0.5) is 13.2 Å². The van der Waals surface area contributed by atoms with E-state index in [4.69, 9.17) is 0 Å². The molecule has 3 nitrogen and oxygen atoms in total. The molecule has 0 spiro atoms. The Morgan fingerprint density at radius 3 is 2.45 bits per heavy atom. The van der Waals surface area contributed by atoms with E-state index >= 15 is 0 Å². The van der Waals surface area contributed by atoms with Gasteiger partial charge in [-0.2, -0.15) is 13.2 Å². The van der Waals surface area contributed by atoms with E-state index in [1.807, 2.05) is 0 Å². The Kier molecular flexibility index (Phi) is 3.20. The number of benzene rings is 1. The molecule has 2 saturated heterocycles. The van der Waals surface area contributed by atoms with Gasteiger partial charge in [0.25, 0.3) is 5.91 Å². The fraction of sp³-hybridized carbons (Fsp3) is 0.500. The average Bonchev–Trinajstić information content (AvgIpc) is 2.97. The third-order valence-corrected chi connectivity index (χ3v) is 4.11.